The Morgan fingerprint density at radius 2 is 1.26 bits per heavy atom. The molecule has 1 aliphatic rings. The molecule has 1 fully saturated rings. The number of nitrogens with zero attached hydrogens (tertiary/aromatic N) is 1. The topological polar surface area (TPSA) is 52.2 Å². The maximum Gasteiger partial charge on any atom is 0.172 e. The molecular formula is C47H55FN2O4. The van der Waals surface area contributed by atoms with Gasteiger partial charge in [-0.25, -0.2) is 4.39 Å². The van der Waals surface area contributed by atoms with Crippen molar-refractivity contribution >= 4 is 0 Å². The zero-order valence-electron chi connectivity index (χ0n) is 32.1. The first-order chi connectivity index (χ1) is 26.2. The van der Waals surface area contributed by atoms with Crippen LogP contribution in [0.5, 0.6) is 5.75 Å². The van der Waals surface area contributed by atoms with Crippen LogP contribution in [0.3, 0.4) is 0 Å². The first kappa shape index (κ1) is 39.3. The fourth-order valence-corrected chi connectivity index (χ4v) is 6.97. The summed E-state index contributed by atoms with van der Waals surface area (Å²) in [5.41, 5.74) is 5.31. The van der Waals surface area contributed by atoms with Crippen molar-refractivity contribution in [1.82, 2.24) is 10.2 Å². The molecule has 0 aromatic heterocycles. The van der Waals surface area contributed by atoms with Crippen LogP contribution in [-0.2, 0) is 46.9 Å². The molecule has 0 aliphatic carbocycles. The number of hydrogen-bond donors (Lipinski definition) is 1. The van der Waals surface area contributed by atoms with Crippen LogP contribution in [0.4, 0.5) is 4.39 Å². The Kier molecular flexibility index (Phi) is 14.0. The van der Waals surface area contributed by atoms with Crippen molar-refractivity contribution in [3.8, 4) is 5.75 Å². The predicted octanol–water partition coefficient (Wildman–Crippen LogP) is 9.37. The van der Waals surface area contributed by atoms with E-state index in [0.717, 1.165) is 16.7 Å². The Labute approximate surface area is 321 Å². The first-order valence-corrected chi connectivity index (χ1v) is 19.1. The third-order valence-corrected chi connectivity index (χ3v) is 9.62. The van der Waals surface area contributed by atoms with Gasteiger partial charge in [-0.2, -0.15) is 0 Å². The fourth-order valence-electron chi connectivity index (χ4n) is 6.97. The van der Waals surface area contributed by atoms with Crippen molar-refractivity contribution in [1.29, 1.82) is 0 Å². The monoisotopic (exact) mass is 730 g/mol. The second-order valence-electron chi connectivity index (χ2n) is 15.6. The maximum atomic E-state index is 15.5. The fraction of sp³-hybridized carbons (Fsp3) is 0.362. The normalized spacial score (nSPS) is 18.7. The average molecular weight is 731 g/mol. The first-order valence-electron chi connectivity index (χ1n) is 19.1. The zero-order chi connectivity index (χ0) is 37.8. The molecule has 0 radical (unpaired) electrons. The third-order valence-electron chi connectivity index (χ3n) is 9.62. The number of halogens is 1. The van der Waals surface area contributed by atoms with Crippen molar-refractivity contribution in [2.24, 2.45) is 5.41 Å². The van der Waals surface area contributed by atoms with Gasteiger partial charge in [0.25, 0.3) is 0 Å². The number of morpholine rings is 1. The molecule has 5 aromatic carbocycles. The van der Waals surface area contributed by atoms with Crippen LogP contribution in [0, 0.1) is 11.2 Å². The molecule has 54 heavy (non-hydrogen) atoms. The molecule has 1 N–H and O–H groups in total. The van der Waals surface area contributed by atoms with Crippen LogP contribution in [0.15, 0.2) is 140 Å². The van der Waals surface area contributed by atoms with Crippen LogP contribution in [-0.4, -0.2) is 48.6 Å². The lowest BCUT2D eigenvalue weighted by Crippen LogP contribution is -2.63. The molecule has 1 aliphatic heterocycles. The van der Waals surface area contributed by atoms with Gasteiger partial charge in [-0.1, -0.05) is 142 Å². The summed E-state index contributed by atoms with van der Waals surface area (Å²) in [5.74, 6) is 0.166. The van der Waals surface area contributed by atoms with E-state index < -0.39 is 0 Å². The highest BCUT2D eigenvalue weighted by atomic mass is 19.1. The summed E-state index contributed by atoms with van der Waals surface area (Å²) < 4.78 is 41.5. The Morgan fingerprint density at radius 1 is 0.722 bits per heavy atom. The summed E-state index contributed by atoms with van der Waals surface area (Å²) in [6.45, 7) is 11.7. The summed E-state index contributed by atoms with van der Waals surface area (Å²) in [7, 11) is 0. The van der Waals surface area contributed by atoms with E-state index in [-0.39, 0.29) is 41.8 Å². The summed E-state index contributed by atoms with van der Waals surface area (Å²) in [6, 6.07) is 45.8. The molecule has 6 rings (SSSR count). The van der Waals surface area contributed by atoms with E-state index in [9.17, 15) is 0 Å². The van der Waals surface area contributed by atoms with Gasteiger partial charge in [0.2, 0.25) is 0 Å². The minimum Gasteiger partial charge on any atom is -0.489 e. The molecule has 6 nitrogen and oxygen atoms in total. The molecule has 1 saturated heterocycles. The number of benzene rings is 5. The molecule has 1 heterocycles. The van der Waals surface area contributed by atoms with E-state index in [1.54, 1.807) is 6.07 Å². The van der Waals surface area contributed by atoms with Crippen molar-refractivity contribution in [3.05, 3.63) is 173 Å². The van der Waals surface area contributed by atoms with Gasteiger partial charge in [-0.15, -0.1) is 0 Å². The molecule has 0 unspecified atom stereocenters. The SMILES string of the molecule is C[C@@H]1N[C@@H]([C@@H](OCc2ccccc2)[C@H](Cc2cc(F)cc(OCc3ccccc3)c2)N(Cc2ccccc2)Cc2ccccc2)CO[C@H]1OCC(C)(C)C. The minimum absolute atomic E-state index is 0.0103. The summed E-state index contributed by atoms with van der Waals surface area (Å²) in [5, 5.41) is 3.85. The van der Waals surface area contributed by atoms with Crippen molar-refractivity contribution in [2.75, 3.05) is 13.2 Å². The Hall–Kier alpha value is -4.37. The lowest BCUT2D eigenvalue weighted by atomic mass is 9.92. The quantitative estimate of drug-likeness (QED) is 0.103. The summed E-state index contributed by atoms with van der Waals surface area (Å²) >= 11 is 0. The van der Waals surface area contributed by atoms with Crippen molar-refractivity contribution in [3.63, 3.8) is 0 Å². The molecule has 5 atom stereocenters. The highest BCUT2D eigenvalue weighted by Crippen LogP contribution is 2.28. The van der Waals surface area contributed by atoms with E-state index >= 15 is 4.39 Å². The molecule has 0 spiro atoms. The molecular weight excluding hydrogens is 676 g/mol. The van der Waals surface area contributed by atoms with Gasteiger partial charge in [0.05, 0.1) is 38.0 Å². The second-order valence-corrected chi connectivity index (χ2v) is 15.6. The van der Waals surface area contributed by atoms with Crippen molar-refractivity contribution in [2.45, 2.75) is 90.9 Å². The number of ether oxygens (including phenoxy) is 4. The van der Waals surface area contributed by atoms with Crippen LogP contribution >= 0.6 is 0 Å². The average Bonchev–Trinajstić information content (AvgIpc) is 3.17. The third kappa shape index (κ3) is 12.1. The van der Waals surface area contributed by atoms with Gasteiger partial charge in [0.1, 0.15) is 18.2 Å². The van der Waals surface area contributed by atoms with Gasteiger partial charge in [-0.05, 0) is 58.7 Å². The highest BCUT2D eigenvalue weighted by Gasteiger charge is 2.40. The van der Waals surface area contributed by atoms with Gasteiger partial charge >= 0.3 is 0 Å². The van der Waals surface area contributed by atoms with E-state index in [4.69, 9.17) is 18.9 Å². The maximum absolute atomic E-state index is 15.5. The Balaban J connectivity index is 1.37. The van der Waals surface area contributed by atoms with Crippen LogP contribution in [0.2, 0.25) is 0 Å². The van der Waals surface area contributed by atoms with Crippen molar-refractivity contribution < 1.29 is 23.3 Å². The highest BCUT2D eigenvalue weighted by molar-refractivity contribution is 5.31. The molecule has 0 saturated carbocycles. The number of nitrogens with one attached hydrogen (secondary N) is 1. The molecule has 5 aromatic rings. The van der Waals surface area contributed by atoms with E-state index in [1.807, 2.05) is 66.7 Å². The molecule has 284 valence electrons. The molecule has 7 heteroatoms. The minimum atomic E-state index is -0.383. The van der Waals surface area contributed by atoms with Crippen LogP contribution in [0.25, 0.3) is 0 Å². The number of rotatable bonds is 17. The standard InChI is InChI=1S/C47H55FN2O4/c1-35-46(54-34-47(2,3)4)53-33-43(49-35)45(52-32-39-23-15-8-16-24-39)44(50(29-36-17-9-5-10-18-36)30-37-19-11-6-12-20-37)27-40-25-41(48)28-42(26-40)51-31-38-21-13-7-14-22-38/h5-26,28,35,43-46,49H,27,29-34H2,1-4H3/t35-,43+,44-,45+,46-/m0/s1. The second kappa shape index (κ2) is 19.3. The summed E-state index contributed by atoms with van der Waals surface area (Å²) in [4.78, 5) is 2.48. The van der Waals surface area contributed by atoms with Gasteiger partial charge in [0, 0.05) is 25.2 Å². The van der Waals surface area contributed by atoms with Crippen LogP contribution < -0.4 is 10.1 Å². The lowest BCUT2D eigenvalue weighted by molar-refractivity contribution is -0.206. The molecule has 0 amide bonds. The van der Waals surface area contributed by atoms with Gasteiger partial charge in [-0.3, -0.25) is 4.90 Å². The van der Waals surface area contributed by atoms with E-state index in [1.165, 1.54) is 17.2 Å². The van der Waals surface area contributed by atoms with Crippen LogP contribution in [0.1, 0.15) is 55.5 Å². The smallest absolute Gasteiger partial charge is 0.172 e. The van der Waals surface area contributed by atoms with Gasteiger partial charge in [0.15, 0.2) is 6.29 Å². The molecule has 0 bridgehead atoms. The number of hydrogen-bond acceptors (Lipinski definition) is 6. The summed E-state index contributed by atoms with van der Waals surface area (Å²) in [6.07, 6.45) is -0.235. The largest absolute Gasteiger partial charge is 0.489 e. The van der Waals surface area contributed by atoms with Gasteiger partial charge < -0.3 is 24.3 Å². The lowest BCUT2D eigenvalue weighted by Gasteiger charge is -2.45. The Morgan fingerprint density at radius 3 is 1.80 bits per heavy atom. The van der Waals surface area contributed by atoms with E-state index in [0.29, 0.717) is 51.7 Å². The Bertz CT molecular complexity index is 1780. The zero-order valence-corrected chi connectivity index (χ0v) is 32.1. The predicted molar refractivity (Wildman–Crippen MR) is 213 cm³/mol. The van der Waals surface area contributed by atoms with E-state index in [2.05, 4.69) is 98.6 Å².